The third-order valence-corrected chi connectivity index (χ3v) is 1.91. The monoisotopic (exact) mass is 293 g/mol. The zero-order valence-corrected chi connectivity index (χ0v) is 11.4. The van der Waals surface area contributed by atoms with Crippen LogP contribution in [-0.2, 0) is 4.79 Å². The highest BCUT2D eigenvalue weighted by Crippen LogP contribution is 2.02. The smallest absolute Gasteiger partial charge is 0.303 e. The number of carboxylic acids is 1. The van der Waals surface area contributed by atoms with Crippen molar-refractivity contribution in [3.63, 3.8) is 0 Å². The first kappa shape index (κ1) is 5.47. The van der Waals surface area contributed by atoms with E-state index in [9.17, 15) is 4.79 Å². The molecule has 1 atom stereocenters. The lowest BCUT2D eigenvalue weighted by molar-refractivity contribution is -0.137. The van der Waals surface area contributed by atoms with Gasteiger partial charge in [-0.05, 0) is 44.7 Å². The predicted molar refractivity (Wildman–Crippen MR) is 86.9 cm³/mol. The minimum absolute atomic E-state index is 0.582. The number of carbonyl (C=O) groups is 1. The first-order valence-corrected chi connectivity index (χ1v) is 6.25. The van der Waals surface area contributed by atoms with Gasteiger partial charge in [-0.2, -0.15) is 0 Å². The van der Waals surface area contributed by atoms with Gasteiger partial charge in [0, 0.05) is 21.5 Å². The van der Waals surface area contributed by atoms with Crippen LogP contribution in [0.1, 0.15) is 91.4 Å². The largest absolute Gasteiger partial charge is 0.481 e. The molecule has 2 heteroatoms. The van der Waals surface area contributed by atoms with Crippen molar-refractivity contribution < 1.29 is 30.5 Å². The van der Waals surface area contributed by atoms with Crippen molar-refractivity contribution in [3.05, 3.63) is 36.4 Å². The molecule has 0 aliphatic heterocycles. The molecule has 0 aliphatic rings. The second-order valence-corrected chi connectivity index (χ2v) is 3.54. The summed E-state index contributed by atoms with van der Waals surface area (Å²) in [6.45, 7) is 1.99. The molecule has 0 aromatic rings. The first-order valence-electron chi connectivity index (χ1n) is 13.8. The highest BCUT2D eigenvalue weighted by Gasteiger charge is 1.93. The van der Waals surface area contributed by atoms with E-state index in [1.54, 1.807) is 6.08 Å². The van der Waals surface area contributed by atoms with Crippen molar-refractivity contribution in [2.45, 2.75) is 70.9 Å². The van der Waals surface area contributed by atoms with Crippen molar-refractivity contribution in [2.75, 3.05) is 0 Å². The van der Waals surface area contributed by atoms with Gasteiger partial charge in [0.15, 0.2) is 0 Å². The molecular formula is C18H30O2. The molecule has 0 radical (unpaired) electrons. The van der Waals surface area contributed by atoms with Gasteiger partial charge in [-0.25, -0.2) is 0 Å². The highest BCUT2D eigenvalue weighted by atomic mass is 16.4. The van der Waals surface area contributed by atoms with Crippen LogP contribution in [0.2, 0.25) is 0 Å². The van der Waals surface area contributed by atoms with Gasteiger partial charge < -0.3 is 5.11 Å². The van der Waals surface area contributed by atoms with Gasteiger partial charge in [0.1, 0.15) is 0 Å². The SMILES string of the molecule is [2H]/C(=C(\[2H])C([2H])([2H])/C([2H])=C(/[2H])C([2H])([2H])C([2H])([2H])C([2H])([2H])C([2H])([2H])C(=O)O)C([2H])/C=C\CCCCC. The number of allylic oxidation sites excluding steroid dienone is 6. The minimum Gasteiger partial charge on any atom is -0.481 e. The van der Waals surface area contributed by atoms with E-state index in [0.717, 1.165) is 19.3 Å². The molecule has 0 aromatic carbocycles. The maximum atomic E-state index is 11.1. The summed E-state index contributed by atoms with van der Waals surface area (Å²) < 4.78 is 117. The van der Waals surface area contributed by atoms with Gasteiger partial charge in [-0.3, -0.25) is 4.79 Å². The molecule has 0 heterocycles. The summed E-state index contributed by atoms with van der Waals surface area (Å²) in [5.74, 6) is -2.45. The van der Waals surface area contributed by atoms with Gasteiger partial charge in [0.05, 0.1) is 5.48 Å². The van der Waals surface area contributed by atoms with E-state index in [2.05, 4.69) is 0 Å². The van der Waals surface area contributed by atoms with Crippen molar-refractivity contribution in [1.82, 2.24) is 0 Å². The number of aliphatic carboxylic acids is 1. The summed E-state index contributed by atoms with van der Waals surface area (Å²) in [4.78, 5) is 11.1. The Bertz CT molecular complexity index is 858. The van der Waals surface area contributed by atoms with Crippen LogP contribution in [0, 0.1) is 0 Å². The molecule has 0 saturated heterocycles. The molecule has 0 spiro atoms. The standard InChI is InChI=1S/C18H30O2/c1-2-3-4-5-6-7-8-9-10-11-12-13-14-15-16-17-18(19)20/h6-7,9-10,12-13H,2-5,8,11,14-17H2,1H3,(H,19,20)/b7-6-,10-9-,13-12-/i8D,9D,10D,11D2,12D,13D,14D2,15D2,16D2,17D2. The van der Waals surface area contributed by atoms with Gasteiger partial charge in [-0.15, -0.1) is 0 Å². The molecule has 0 rings (SSSR count). The van der Waals surface area contributed by atoms with E-state index in [1.165, 1.54) is 6.08 Å². The fourth-order valence-electron chi connectivity index (χ4n) is 1.04. The third kappa shape index (κ3) is 16.7. The molecule has 20 heavy (non-hydrogen) atoms. The van der Waals surface area contributed by atoms with Crippen LogP contribution in [0.25, 0.3) is 0 Å². The average molecular weight is 294 g/mol. The quantitative estimate of drug-likeness (QED) is 0.351. The summed E-state index contributed by atoms with van der Waals surface area (Å²) in [6.07, 6.45) is -14.9. The Morgan fingerprint density at radius 2 is 1.95 bits per heavy atom. The summed E-state index contributed by atoms with van der Waals surface area (Å²) in [5, 5.41) is 8.94. The van der Waals surface area contributed by atoms with E-state index in [0.29, 0.717) is 6.42 Å². The molecule has 0 fully saturated rings. The van der Waals surface area contributed by atoms with Gasteiger partial charge in [-0.1, -0.05) is 56.1 Å². The summed E-state index contributed by atoms with van der Waals surface area (Å²) in [7, 11) is 0. The Balaban J connectivity index is 6.41. The molecule has 0 aliphatic carbocycles. The van der Waals surface area contributed by atoms with E-state index in [-0.39, 0.29) is 0 Å². The summed E-state index contributed by atoms with van der Waals surface area (Å²) >= 11 is 0. The molecule has 0 saturated carbocycles. The van der Waals surface area contributed by atoms with Crippen LogP contribution in [0.4, 0.5) is 0 Å². The number of hydrogen-bond acceptors (Lipinski definition) is 1. The minimum atomic E-state index is -4.10. The maximum Gasteiger partial charge on any atom is 0.303 e. The molecule has 1 N–H and O–H groups in total. The zero-order chi connectivity index (χ0) is 28.2. The van der Waals surface area contributed by atoms with Crippen molar-refractivity contribution >= 4 is 5.97 Å². The number of unbranched alkanes of at least 4 members (excludes halogenated alkanes) is 3. The summed E-state index contributed by atoms with van der Waals surface area (Å²) in [5.41, 5.74) is 0. The predicted octanol–water partition coefficient (Wildman–Crippen LogP) is 5.66. The lowest BCUT2D eigenvalue weighted by Crippen LogP contribution is -1.92. The van der Waals surface area contributed by atoms with Gasteiger partial charge in [0.2, 0.25) is 0 Å². The van der Waals surface area contributed by atoms with Crippen molar-refractivity contribution in [3.8, 4) is 0 Å². The molecule has 0 amide bonds. The number of rotatable bonds is 13. The Kier molecular flexibility index (Phi) is 4.31. The fourth-order valence-corrected chi connectivity index (χ4v) is 1.04. The van der Waals surface area contributed by atoms with E-state index >= 15 is 0 Å². The van der Waals surface area contributed by atoms with Crippen LogP contribution < -0.4 is 0 Å². The van der Waals surface area contributed by atoms with Crippen LogP contribution in [0.3, 0.4) is 0 Å². The zero-order valence-electron chi connectivity index (χ0n) is 26.4. The van der Waals surface area contributed by atoms with Crippen LogP contribution in [0.5, 0.6) is 0 Å². The molecule has 114 valence electrons. The molecule has 2 nitrogen and oxygen atoms in total. The molecule has 0 aromatic heterocycles. The number of hydrogen-bond donors (Lipinski definition) is 1. The Hall–Kier alpha value is -1.31. The average Bonchev–Trinajstić information content (AvgIpc) is 2.75. The molecular weight excluding hydrogens is 248 g/mol. The van der Waals surface area contributed by atoms with E-state index in [1.807, 2.05) is 6.92 Å². The number of carboxylic acid groups (broad SMARTS) is 1. The summed E-state index contributed by atoms with van der Waals surface area (Å²) in [6, 6.07) is -5.65. The van der Waals surface area contributed by atoms with Crippen molar-refractivity contribution in [2.24, 2.45) is 0 Å². The Labute approximate surface area is 145 Å². The topological polar surface area (TPSA) is 37.3 Å². The van der Waals surface area contributed by atoms with Gasteiger partial charge in [0.25, 0.3) is 0 Å². The van der Waals surface area contributed by atoms with Crippen LogP contribution >= 0.6 is 0 Å². The normalized spacial score (nSPS) is 30.1. The Morgan fingerprint density at radius 1 is 1.15 bits per heavy atom. The van der Waals surface area contributed by atoms with Crippen LogP contribution in [0.15, 0.2) is 36.4 Å². The van der Waals surface area contributed by atoms with E-state index in [4.69, 9.17) is 25.7 Å². The molecule has 1 unspecified atom stereocenters. The lowest BCUT2D eigenvalue weighted by Gasteiger charge is -1.92. The van der Waals surface area contributed by atoms with E-state index < -0.39 is 68.4 Å². The Morgan fingerprint density at radius 3 is 2.70 bits per heavy atom. The first-order chi connectivity index (χ1) is 15.6. The van der Waals surface area contributed by atoms with Gasteiger partial charge >= 0.3 is 5.97 Å². The second-order valence-electron chi connectivity index (χ2n) is 3.54. The maximum absolute atomic E-state index is 11.1. The lowest BCUT2D eigenvalue weighted by atomic mass is 10.2. The van der Waals surface area contributed by atoms with Crippen LogP contribution in [-0.4, -0.2) is 11.1 Å². The second kappa shape index (κ2) is 15.7. The fraction of sp³-hybridized carbons (Fsp3) is 0.611. The third-order valence-electron chi connectivity index (χ3n) is 1.91. The molecule has 0 bridgehead atoms. The van der Waals surface area contributed by atoms with Crippen molar-refractivity contribution in [1.29, 1.82) is 0 Å². The highest BCUT2D eigenvalue weighted by molar-refractivity contribution is 5.66.